The molecular weight excluding hydrogens is 327 g/mol. The van der Waals surface area contributed by atoms with E-state index in [-0.39, 0.29) is 5.78 Å². The van der Waals surface area contributed by atoms with Crippen molar-refractivity contribution in [2.75, 3.05) is 0 Å². The first-order valence-corrected chi connectivity index (χ1v) is 6.57. The minimum absolute atomic E-state index is 0.144. The zero-order valence-electron chi connectivity index (χ0n) is 9.56. The Morgan fingerprint density at radius 3 is 2.82 bits per heavy atom. The van der Waals surface area contributed by atoms with Crippen LogP contribution >= 0.6 is 22.6 Å². The molecule has 0 bridgehead atoms. The number of nitrogens with zero attached hydrogens (tertiary/aromatic N) is 2. The third kappa shape index (κ3) is 2.94. The summed E-state index contributed by atoms with van der Waals surface area (Å²) in [6, 6.07) is 7.65. The van der Waals surface area contributed by atoms with Crippen LogP contribution in [0.1, 0.15) is 22.8 Å². The first-order valence-electron chi connectivity index (χ1n) is 5.49. The quantitative estimate of drug-likeness (QED) is 0.634. The number of ketones is 1. The van der Waals surface area contributed by atoms with Crippen molar-refractivity contribution in [3.8, 4) is 0 Å². The molecule has 1 heterocycles. The van der Waals surface area contributed by atoms with Gasteiger partial charge < -0.3 is 0 Å². The Kier molecular flexibility index (Phi) is 3.93. The Morgan fingerprint density at radius 2 is 2.18 bits per heavy atom. The number of benzene rings is 1. The highest BCUT2D eigenvalue weighted by atomic mass is 127. The van der Waals surface area contributed by atoms with Crippen LogP contribution in [-0.4, -0.2) is 15.6 Å². The Morgan fingerprint density at radius 1 is 1.41 bits per heavy atom. The fourth-order valence-electron chi connectivity index (χ4n) is 1.64. The zero-order valence-corrected chi connectivity index (χ0v) is 11.7. The fraction of sp³-hybridized carbons (Fsp3) is 0.231. The molecule has 3 nitrogen and oxygen atoms in total. The standard InChI is InChI=1S/C13H13IN2O/c1-2-16-9-10(8-15-16)7-13(17)11-5-3-4-6-12(11)14/h3-6,8-9H,2,7H2,1H3. The predicted molar refractivity (Wildman–Crippen MR) is 75.1 cm³/mol. The average molecular weight is 340 g/mol. The van der Waals surface area contributed by atoms with Gasteiger partial charge in [-0.05, 0) is 41.1 Å². The number of aryl methyl sites for hydroxylation is 1. The van der Waals surface area contributed by atoms with Crippen molar-refractivity contribution in [3.63, 3.8) is 0 Å². The highest BCUT2D eigenvalue weighted by molar-refractivity contribution is 14.1. The van der Waals surface area contributed by atoms with Crippen LogP contribution in [0.5, 0.6) is 0 Å². The van der Waals surface area contributed by atoms with Crippen molar-refractivity contribution in [1.29, 1.82) is 0 Å². The van der Waals surface area contributed by atoms with Crippen molar-refractivity contribution in [1.82, 2.24) is 9.78 Å². The maximum absolute atomic E-state index is 12.1. The molecule has 0 atom stereocenters. The van der Waals surface area contributed by atoms with E-state index in [9.17, 15) is 4.79 Å². The van der Waals surface area contributed by atoms with E-state index >= 15 is 0 Å². The summed E-state index contributed by atoms with van der Waals surface area (Å²) in [4.78, 5) is 12.1. The molecule has 0 aliphatic rings. The Labute approximate surface area is 114 Å². The molecule has 0 unspecified atom stereocenters. The predicted octanol–water partition coefficient (Wildman–Crippen LogP) is 2.93. The zero-order chi connectivity index (χ0) is 12.3. The molecule has 0 spiro atoms. The third-order valence-electron chi connectivity index (χ3n) is 2.55. The van der Waals surface area contributed by atoms with Gasteiger partial charge in [0.15, 0.2) is 5.78 Å². The highest BCUT2D eigenvalue weighted by Gasteiger charge is 2.11. The van der Waals surface area contributed by atoms with Gasteiger partial charge in [-0.15, -0.1) is 0 Å². The van der Waals surface area contributed by atoms with E-state index in [0.29, 0.717) is 6.42 Å². The number of aromatic nitrogens is 2. The molecule has 0 aliphatic heterocycles. The van der Waals surface area contributed by atoms with Gasteiger partial charge in [0.05, 0.1) is 6.20 Å². The van der Waals surface area contributed by atoms with E-state index in [1.807, 2.05) is 42.1 Å². The van der Waals surface area contributed by atoms with Gasteiger partial charge in [0.2, 0.25) is 0 Å². The number of Topliss-reactive ketones (excluding diaryl/α,β-unsaturated/α-hetero) is 1. The molecule has 4 heteroatoms. The highest BCUT2D eigenvalue weighted by Crippen LogP contribution is 2.14. The van der Waals surface area contributed by atoms with E-state index in [1.165, 1.54) is 0 Å². The second-order valence-corrected chi connectivity index (χ2v) is 4.95. The summed E-state index contributed by atoms with van der Waals surface area (Å²) >= 11 is 2.19. The Balaban J connectivity index is 2.14. The summed E-state index contributed by atoms with van der Waals surface area (Å²) in [7, 11) is 0. The van der Waals surface area contributed by atoms with E-state index < -0.39 is 0 Å². The van der Waals surface area contributed by atoms with E-state index in [2.05, 4.69) is 27.7 Å². The number of halogens is 1. The number of carbonyl (C=O) groups is 1. The lowest BCUT2D eigenvalue weighted by Gasteiger charge is -2.01. The van der Waals surface area contributed by atoms with Gasteiger partial charge in [-0.2, -0.15) is 5.10 Å². The van der Waals surface area contributed by atoms with Crippen LogP contribution in [0.4, 0.5) is 0 Å². The number of hydrogen-bond donors (Lipinski definition) is 0. The first-order chi connectivity index (χ1) is 8.20. The van der Waals surface area contributed by atoms with Gasteiger partial charge in [-0.25, -0.2) is 0 Å². The summed E-state index contributed by atoms with van der Waals surface area (Å²) in [6.45, 7) is 2.86. The maximum Gasteiger partial charge on any atom is 0.168 e. The molecule has 0 radical (unpaired) electrons. The monoisotopic (exact) mass is 340 g/mol. The molecular formula is C13H13IN2O. The third-order valence-corrected chi connectivity index (χ3v) is 3.49. The summed E-state index contributed by atoms with van der Waals surface area (Å²) < 4.78 is 2.83. The van der Waals surface area contributed by atoms with Crippen molar-refractivity contribution >= 4 is 28.4 Å². The topological polar surface area (TPSA) is 34.9 Å². The smallest absolute Gasteiger partial charge is 0.168 e. The van der Waals surface area contributed by atoms with E-state index in [0.717, 1.165) is 21.2 Å². The lowest BCUT2D eigenvalue weighted by atomic mass is 10.1. The molecule has 0 saturated carbocycles. The van der Waals surface area contributed by atoms with Crippen LogP contribution in [0.3, 0.4) is 0 Å². The molecule has 88 valence electrons. The molecule has 1 aromatic heterocycles. The minimum atomic E-state index is 0.144. The van der Waals surface area contributed by atoms with Crippen molar-refractivity contribution in [2.24, 2.45) is 0 Å². The molecule has 1 aromatic carbocycles. The molecule has 0 saturated heterocycles. The van der Waals surface area contributed by atoms with Crippen molar-refractivity contribution in [2.45, 2.75) is 19.9 Å². The first kappa shape index (κ1) is 12.3. The normalized spacial score (nSPS) is 10.5. The molecule has 0 fully saturated rings. The van der Waals surface area contributed by atoms with Gasteiger partial charge in [0.1, 0.15) is 0 Å². The molecule has 0 aliphatic carbocycles. The van der Waals surface area contributed by atoms with Gasteiger partial charge >= 0.3 is 0 Å². The van der Waals surface area contributed by atoms with Crippen LogP contribution in [0, 0.1) is 3.57 Å². The van der Waals surface area contributed by atoms with Crippen molar-refractivity contribution in [3.05, 3.63) is 51.4 Å². The fourth-order valence-corrected chi connectivity index (χ4v) is 2.33. The van der Waals surface area contributed by atoms with Gasteiger partial charge in [-0.3, -0.25) is 9.48 Å². The van der Waals surface area contributed by atoms with Crippen LogP contribution in [-0.2, 0) is 13.0 Å². The number of rotatable bonds is 4. The summed E-state index contributed by atoms with van der Waals surface area (Å²) in [6.07, 6.45) is 4.10. The van der Waals surface area contributed by atoms with E-state index in [1.54, 1.807) is 6.20 Å². The molecule has 0 N–H and O–H groups in total. The van der Waals surface area contributed by atoms with Crippen LogP contribution in [0.2, 0.25) is 0 Å². The summed E-state index contributed by atoms with van der Waals surface area (Å²) in [5.41, 5.74) is 1.76. The molecule has 17 heavy (non-hydrogen) atoms. The minimum Gasteiger partial charge on any atom is -0.294 e. The maximum atomic E-state index is 12.1. The Bertz CT molecular complexity index is 534. The van der Waals surface area contributed by atoms with Crippen LogP contribution in [0.25, 0.3) is 0 Å². The number of carbonyl (C=O) groups excluding carboxylic acids is 1. The van der Waals surface area contributed by atoms with Crippen molar-refractivity contribution < 1.29 is 4.79 Å². The lowest BCUT2D eigenvalue weighted by Crippen LogP contribution is -2.05. The average Bonchev–Trinajstić information content (AvgIpc) is 2.77. The van der Waals surface area contributed by atoms with Gasteiger partial charge in [-0.1, -0.05) is 18.2 Å². The lowest BCUT2D eigenvalue weighted by molar-refractivity contribution is 0.0992. The van der Waals surface area contributed by atoms with Crippen LogP contribution in [0.15, 0.2) is 36.7 Å². The largest absolute Gasteiger partial charge is 0.294 e. The second-order valence-electron chi connectivity index (χ2n) is 3.78. The molecule has 2 aromatic rings. The van der Waals surface area contributed by atoms with Gasteiger partial charge in [0.25, 0.3) is 0 Å². The summed E-state index contributed by atoms with van der Waals surface area (Å²) in [5, 5.41) is 4.17. The molecule has 0 amide bonds. The van der Waals surface area contributed by atoms with Crippen LogP contribution < -0.4 is 0 Å². The Hall–Kier alpha value is -1.17. The van der Waals surface area contributed by atoms with E-state index in [4.69, 9.17) is 0 Å². The number of hydrogen-bond acceptors (Lipinski definition) is 2. The molecule has 2 rings (SSSR count). The van der Waals surface area contributed by atoms with Gasteiger partial charge in [0, 0.05) is 28.3 Å². The summed E-state index contributed by atoms with van der Waals surface area (Å²) in [5.74, 6) is 0.144. The SMILES string of the molecule is CCn1cc(CC(=O)c2ccccc2I)cn1. The second kappa shape index (κ2) is 5.44.